The Morgan fingerprint density at radius 3 is 1.54 bits per heavy atom. The molecule has 0 fully saturated rings. The van der Waals surface area contributed by atoms with Crippen LogP contribution in [0.25, 0.3) is 5.57 Å². The van der Waals surface area contributed by atoms with Gasteiger partial charge in [0.1, 0.15) is 5.75 Å². The fourth-order valence-corrected chi connectivity index (χ4v) is 4.82. The van der Waals surface area contributed by atoms with Crippen LogP contribution < -0.4 is 4.74 Å². The van der Waals surface area contributed by atoms with Crippen LogP contribution in [0.2, 0.25) is 0 Å². The van der Waals surface area contributed by atoms with Crippen LogP contribution >= 0.6 is 0 Å². The van der Waals surface area contributed by atoms with E-state index in [9.17, 15) is 14.4 Å². The minimum atomic E-state index is -0.834. The zero-order chi connectivity index (χ0) is 27.8. The molecule has 0 atom stereocenters. The predicted octanol–water partition coefficient (Wildman–Crippen LogP) is 5.72. The summed E-state index contributed by atoms with van der Waals surface area (Å²) >= 11 is 0. The van der Waals surface area contributed by atoms with Gasteiger partial charge in [-0.25, -0.2) is 9.59 Å². The van der Waals surface area contributed by atoms with Crippen LogP contribution in [0.3, 0.4) is 0 Å². The van der Waals surface area contributed by atoms with Crippen LogP contribution in [-0.2, 0) is 29.3 Å². The molecule has 6 heteroatoms. The molecule has 6 nitrogen and oxygen atoms in total. The lowest BCUT2D eigenvalue weighted by atomic mass is 9.65. The normalized spacial score (nSPS) is 11.4. The van der Waals surface area contributed by atoms with Crippen molar-refractivity contribution in [2.24, 2.45) is 0 Å². The first-order valence-corrected chi connectivity index (χ1v) is 12.3. The molecule has 0 amide bonds. The van der Waals surface area contributed by atoms with E-state index >= 15 is 0 Å². The van der Waals surface area contributed by atoms with Gasteiger partial charge in [0.25, 0.3) is 0 Å². The third-order valence-corrected chi connectivity index (χ3v) is 6.45. The molecule has 0 spiro atoms. The summed E-state index contributed by atoms with van der Waals surface area (Å²) in [5, 5.41) is 0. The van der Waals surface area contributed by atoms with Crippen LogP contribution in [0.5, 0.6) is 5.75 Å². The highest BCUT2D eigenvalue weighted by molar-refractivity contribution is 6.21. The quantitative estimate of drug-likeness (QED) is 0.128. The number of methoxy groups -OCH3 is 2. The molecule has 4 aromatic rings. The van der Waals surface area contributed by atoms with Crippen molar-refractivity contribution in [2.45, 2.75) is 12.3 Å². The first kappa shape index (κ1) is 27.1. The van der Waals surface area contributed by atoms with E-state index in [1.807, 2.05) is 97.1 Å². The second-order valence-electron chi connectivity index (χ2n) is 8.73. The number of benzene rings is 4. The Morgan fingerprint density at radius 2 is 1.13 bits per heavy atom. The summed E-state index contributed by atoms with van der Waals surface area (Å²) < 4.78 is 15.3. The van der Waals surface area contributed by atoms with Gasteiger partial charge in [0.2, 0.25) is 0 Å². The molecule has 0 unspecified atom stereocenters. The van der Waals surface area contributed by atoms with Crippen molar-refractivity contribution in [1.29, 1.82) is 0 Å². The summed E-state index contributed by atoms with van der Waals surface area (Å²) in [5.41, 5.74) is 2.98. The smallest absolute Gasteiger partial charge is 0.338 e. The molecule has 0 aliphatic heterocycles. The number of esters is 3. The monoisotopic (exact) mass is 520 g/mol. The number of ether oxygens (including phenoxy) is 3. The second-order valence-corrected chi connectivity index (χ2v) is 8.73. The molecule has 39 heavy (non-hydrogen) atoms. The first-order valence-electron chi connectivity index (χ1n) is 12.3. The lowest BCUT2D eigenvalue weighted by Crippen LogP contribution is -2.31. The van der Waals surface area contributed by atoms with Crippen LogP contribution in [0.4, 0.5) is 0 Å². The van der Waals surface area contributed by atoms with Gasteiger partial charge in [-0.15, -0.1) is 0 Å². The van der Waals surface area contributed by atoms with E-state index in [1.165, 1.54) is 21.1 Å². The zero-order valence-electron chi connectivity index (χ0n) is 21.9. The van der Waals surface area contributed by atoms with Gasteiger partial charge < -0.3 is 14.2 Å². The van der Waals surface area contributed by atoms with Crippen molar-refractivity contribution in [3.8, 4) is 5.75 Å². The summed E-state index contributed by atoms with van der Waals surface area (Å²) in [7, 11) is 2.42. The van der Waals surface area contributed by atoms with Gasteiger partial charge >= 0.3 is 17.9 Å². The Morgan fingerprint density at radius 1 is 0.641 bits per heavy atom. The highest BCUT2D eigenvalue weighted by Crippen LogP contribution is 2.46. The fourth-order valence-electron chi connectivity index (χ4n) is 4.82. The Labute approximate surface area is 227 Å². The van der Waals surface area contributed by atoms with E-state index in [-0.39, 0.29) is 16.9 Å². The average Bonchev–Trinajstić information content (AvgIpc) is 2.98. The van der Waals surface area contributed by atoms with Crippen molar-refractivity contribution in [3.05, 3.63) is 143 Å². The standard InChI is InChI=1S/C33H28O6/c1-23(34)39-30-20-19-27(21-28(30)29(32(36)38-3)22-31(35)37-2)33(24-13-7-4-8-14-24,25-15-9-5-10-16-25)26-17-11-6-12-18-26/h4-22H,1-3H3/b29-22+. The van der Waals surface area contributed by atoms with Gasteiger partial charge in [-0.1, -0.05) is 97.1 Å². The third kappa shape index (κ3) is 5.50. The largest absolute Gasteiger partial charge is 0.466 e. The van der Waals surface area contributed by atoms with Crippen molar-refractivity contribution in [1.82, 2.24) is 0 Å². The average molecular weight is 521 g/mol. The van der Waals surface area contributed by atoms with Crippen LogP contribution in [0.1, 0.15) is 34.7 Å². The van der Waals surface area contributed by atoms with Crippen molar-refractivity contribution >= 4 is 23.5 Å². The molecule has 0 aromatic heterocycles. The number of hydrogen-bond acceptors (Lipinski definition) is 6. The Kier molecular flexibility index (Phi) is 8.37. The molecule has 0 aliphatic carbocycles. The Balaban J connectivity index is 2.14. The number of rotatable bonds is 8. The van der Waals surface area contributed by atoms with Gasteiger partial charge in [0.05, 0.1) is 25.2 Å². The first-order chi connectivity index (χ1) is 18.9. The summed E-state index contributed by atoms with van der Waals surface area (Å²) in [6.07, 6.45) is 1.03. The summed E-state index contributed by atoms with van der Waals surface area (Å²) in [6, 6.07) is 35.2. The molecule has 0 radical (unpaired) electrons. The minimum absolute atomic E-state index is 0.106. The summed E-state index contributed by atoms with van der Waals surface area (Å²) in [4.78, 5) is 37.2. The van der Waals surface area contributed by atoms with E-state index in [2.05, 4.69) is 0 Å². The van der Waals surface area contributed by atoms with Gasteiger partial charge in [0, 0.05) is 18.6 Å². The predicted molar refractivity (Wildman–Crippen MR) is 148 cm³/mol. The van der Waals surface area contributed by atoms with Crippen LogP contribution in [0.15, 0.2) is 115 Å². The molecule has 0 saturated heterocycles. The molecule has 0 heterocycles. The van der Waals surface area contributed by atoms with Gasteiger partial charge in [-0.05, 0) is 34.4 Å². The molecular weight excluding hydrogens is 492 g/mol. The van der Waals surface area contributed by atoms with Crippen molar-refractivity contribution in [3.63, 3.8) is 0 Å². The molecule has 0 aliphatic rings. The lowest BCUT2D eigenvalue weighted by molar-refractivity contribution is -0.136. The lowest BCUT2D eigenvalue weighted by Gasteiger charge is -2.37. The topological polar surface area (TPSA) is 78.9 Å². The maximum atomic E-state index is 12.9. The molecule has 4 rings (SSSR count). The van der Waals surface area contributed by atoms with E-state index in [0.717, 1.165) is 28.3 Å². The molecule has 196 valence electrons. The summed E-state index contributed by atoms with van der Waals surface area (Å²) in [6.45, 7) is 1.27. The SMILES string of the molecule is COC(=O)/C=C(/C(=O)OC)c1cc(C(c2ccccc2)(c2ccccc2)c2ccccc2)ccc1OC(C)=O. The summed E-state index contributed by atoms with van der Waals surface area (Å²) in [5.74, 6) is -2.01. The Hall–Kier alpha value is -4.97. The zero-order valence-corrected chi connectivity index (χ0v) is 21.9. The van der Waals surface area contributed by atoms with E-state index in [0.29, 0.717) is 0 Å². The maximum absolute atomic E-state index is 12.9. The minimum Gasteiger partial charge on any atom is -0.466 e. The van der Waals surface area contributed by atoms with E-state index < -0.39 is 23.3 Å². The number of carbonyl (C=O) groups is 3. The van der Waals surface area contributed by atoms with Crippen molar-refractivity contribution < 1.29 is 28.6 Å². The number of hydrogen-bond donors (Lipinski definition) is 0. The fraction of sp³-hybridized carbons (Fsp3) is 0.121. The molecule has 0 bridgehead atoms. The van der Waals surface area contributed by atoms with Crippen LogP contribution in [0, 0.1) is 0 Å². The molecule has 0 N–H and O–H groups in total. The van der Waals surface area contributed by atoms with E-state index in [4.69, 9.17) is 14.2 Å². The molecular formula is C33H28O6. The third-order valence-electron chi connectivity index (χ3n) is 6.45. The number of carbonyl (C=O) groups excluding carboxylic acids is 3. The van der Waals surface area contributed by atoms with Crippen molar-refractivity contribution in [2.75, 3.05) is 14.2 Å². The van der Waals surface area contributed by atoms with Crippen LogP contribution in [-0.4, -0.2) is 32.1 Å². The molecule has 0 saturated carbocycles. The van der Waals surface area contributed by atoms with Gasteiger partial charge in [-0.3, -0.25) is 4.79 Å². The maximum Gasteiger partial charge on any atom is 0.338 e. The van der Waals surface area contributed by atoms with Gasteiger partial charge in [-0.2, -0.15) is 0 Å². The highest BCUT2D eigenvalue weighted by Gasteiger charge is 2.39. The second kappa shape index (κ2) is 12.0. The van der Waals surface area contributed by atoms with E-state index in [1.54, 1.807) is 12.1 Å². The van der Waals surface area contributed by atoms with Gasteiger partial charge in [0.15, 0.2) is 0 Å². The Bertz CT molecular complexity index is 1390. The molecule has 4 aromatic carbocycles. The highest BCUT2D eigenvalue weighted by atomic mass is 16.5.